The van der Waals surface area contributed by atoms with E-state index < -0.39 is 23.0 Å². The fraction of sp³-hybridized carbons (Fsp3) is 0.636. The van der Waals surface area contributed by atoms with Gasteiger partial charge in [-0.3, -0.25) is 9.59 Å². The van der Waals surface area contributed by atoms with Gasteiger partial charge < -0.3 is 25.8 Å². The van der Waals surface area contributed by atoms with Crippen molar-refractivity contribution < 1.29 is 23.8 Å². The number of aliphatic hydroxyl groups is 1. The summed E-state index contributed by atoms with van der Waals surface area (Å²) in [5.41, 5.74) is -1.11. The van der Waals surface area contributed by atoms with Crippen LogP contribution in [0.5, 0.6) is 5.75 Å². The third-order valence-corrected chi connectivity index (χ3v) is 7.38. The molecule has 1 atom stereocenters. The molecule has 1 saturated heterocycles. The molecule has 3 saturated carbocycles. The Kier molecular flexibility index (Phi) is 6.42. The maximum Gasteiger partial charge on any atom is 0.258 e. The number of halogens is 2. The smallest absolute Gasteiger partial charge is 0.258 e. The molecule has 4 aliphatic rings. The highest BCUT2D eigenvalue weighted by molar-refractivity contribution is 6.30. The zero-order chi connectivity index (χ0) is 22.1. The molecule has 4 fully saturated rings. The summed E-state index contributed by atoms with van der Waals surface area (Å²) in [6.07, 6.45) is 3.90. The van der Waals surface area contributed by atoms with Crippen LogP contribution in [0.15, 0.2) is 18.2 Å². The lowest BCUT2D eigenvalue weighted by Gasteiger charge is -2.56. The molecule has 5 rings (SSSR count). The highest BCUT2D eigenvalue weighted by Crippen LogP contribution is 2.47. The molecule has 170 valence electrons. The Morgan fingerprint density at radius 3 is 2.55 bits per heavy atom. The Hall–Kier alpha value is -1.90. The molecule has 0 radical (unpaired) electrons. The van der Waals surface area contributed by atoms with E-state index in [4.69, 9.17) is 16.3 Å². The van der Waals surface area contributed by atoms with Gasteiger partial charge in [-0.25, -0.2) is 4.39 Å². The summed E-state index contributed by atoms with van der Waals surface area (Å²) in [5, 5.41) is 20.3. The standard InChI is InChI=1S/C22H29ClFN3O4/c23-16-2-1-15(11-17(16)24)31-13-19(29)26-21-5-7-22(8-6-21,18(28)12-21)27-20(30)14-3-9-25-10-4-14/h1-2,11,14,18,25,28H,3-10,12-13H2,(H,26,29)(H,27,30). The number of hydrogen-bond donors (Lipinski definition) is 4. The SMILES string of the molecule is O=C(COc1ccc(Cl)c(F)c1)NC12CCC(NC(=O)C3CCNCC3)(CC1)C(O)C2. The first-order valence-corrected chi connectivity index (χ1v) is 11.3. The molecule has 1 aromatic rings. The molecule has 1 aliphatic heterocycles. The third kappa shape index (κ3) is 4.81. The van der Waals surface area contributed by atoms with E-state index in [1.165, 1.54) is 12.1 Å². The van der Waals surface area contributed by atoms with E-state index in [-0.39, 0.29) is 35.1 Å². The van der Waals surface area contributed by atoms with E-state index in [9.17, 15) is 19.1 Å². The average Bonchev–Trinajstić information content (AvgIpc) is 2.76. The molecule has 2 bridgehead atoms. The van der Waals surface area contributed by atoms with Crippen LogP contribution in [0.3, 0.4) is 0 Å². The Morgan fingerprint density at radius 2 is 1.90 bits per heavy atom. The average molecular weight is 454 g/mol. The molecule has 4 N–H and O–H groups in total. The van der Waals surface area contributed by atoms with E-state index in [0.717, 1.165) is 32.0 Å². The quantitative estimate of drug-likeness (QED) is 0.527. The molecule has 7 nitrogen and oxygen atoms in total. The number of rotatable bonds is 6. The second kappa shape index (κ2) is 8.92. The zero-order valence-corrected chi connectivity index (χ0v) is 18.1. The molecule has 9 heteroatoms. The van der Waals surface area contributed by atoms with Crippen molar-refractivity contribution in [2.24, 2.45) is 5.92 Å². The Balaban J connectivity index is 1.31. The molecule has 1 heterocycles. The molecule has 0 spiro atoms. The van der Waals surface area contributed by atoms with Gasteiger partial charge in [0.2, 0.25) is 5.91 Å². The minimum atomic E-state index is -0.716. The number of piperidine rings is 1. The van der Waals surface area contributed by atoms with Gasteiger partial charge >= 0.3 is 0 Å². The number of fused-ring (bicyclic) bond motifs is 3. The lowest BCUT2D eigenvalue weighted by Crippen LogP contribution is -2.70. The summed E-state index contributed by atoms with van der Waals surface area (Å²) in [6, 6.07) is 4.01. The van der Waals surface area contributed by atoms with Crippen molar-refractivity contribution in [3.8, 4) is 5.75 Å². The maximum absolute atomic E-state index is 13.5. The van der Waals surface area contributed by atoms with Crippen molar-refractivity contribution in [1.29, 1.82) is 0 Å². The van der Waals surface area contributed by atoms with Crippen molar-refractivity contribution in [3.05, 3.63) is 29.0 Å². The summed E-state index contributed by atoms with van der Waals surface area (Å²) in [5.74, 6) is -0.686. The van der Waals surface area contributed by atoms with Gasteiger partial charge in [0.15, 0.2) is 6.61 Å². The van der Waals surface area contributed by atoms with E-state index in [1.807, 2.05) is 0 Å². The normalized spacial score (nSPS) is 30.6. The number of carbonyl (C=O) groups is 2. The van der Waals surface area contributed by atoms with Crippen LogP contribution < -0.4 is 20.7 Å². The summed E-state index contributed by atoms with van der Waals surface area (Å²) < 4.78 is 18.9. The van der Waals surface area contributed by atoms with Gasteiger partial charge in [-0.2, -0.15) is 0 Å². The van der Waals surface area contributed by atoms with Gasteiger partial charge in [0.05, 0.1) is 16.7 Å². The van der Waals surface area contributed by atoms with Gasteiger partial charge in [0.25, 0.3) is 5.91 Å². The number of nitrogens with one attached hydrogen (secondary N) is 3. The number of carbonyl (C=O) groups excluding carboxylic acids is 2. The lowest BCUT2D eigenvalue weighted by atomic mass is 9.59. The van der Waals surface area contributed by atoms with Crippen molar-refractivity contribution >= 4 is 23.4 Å². The first-order chi connectivity index (χ1) is 14.8. The second-order valence-electron chi connectivity index (χ2n) is 9.08. The number of amides is 2. The topological polar surface area (TPSA) is 99.7 Å². The van der Waals surface area contributed by atoms with Crippen molar-refractivity contribution in [2.75, 3.05) is 19.7 Å². The van der Waals surface area contributed by atoms with E-state index in [2.05, 4.69) is 16.0 Å². The third-order valence-electron chi connectivity index (χ3n) is 7.07. The van der Waals surface area contributed by atoms with Crippen LogP contribution in [0.1, 0.15) is 44.9 Å². The van der Waals surface area contributed by atoms with Crippen LogP contribution in [-0.4, -0.2) is 53.8 Å². The van der Waals surface area contributed by atoms with Crippen molar-refractivity contribution in [3.63, 3.8) is 0 Å². The minimum Gasteiger partial charge on any atom is -0.484 e. The number of ether oxygens (including phenoxy) is 1. The lowest BCUT2D eigenvalue weighted by molar-refractivity contribution is -0.138. The summed E-state index contributed by atoms with van der Waals surface area (Å²) >= 11 is 5.65. The van der Waals surface area contributed by atoms with Crippen LogP contribution in [0.2, 0.25) is 5.02 Å². The van der Waals surface area contributed by atoms with E-state index >= 15 is 0 Å². The van der Waals surface area contributed by atoms with Gasteiger partial charge in [0.1, 0.15) is 11.6 Å². The summed E-state index contributed by atoms with van der Waals surface area (Å²) in [4.78, 5) is 25.2. The zero-order valence-electron chi connectivity index (χ0n) is 17.4. The van der Waals surface area contributed by atoms with Gasteiger partial charge in [-0.15, -0.1) is 0 Å². The van der Waals surface area contributed by atoms with E-state index in [0.29, 0.717) is 32.1 Å². The fourth-order valence-electron chi connectivity index (χ4n) is 5.14. The first kappa shape index (κ1) is 22.3. The molecule has 3 aliphatic carbocycles. The predicted octanol–water partition coefficient (Wildman–Crippen LogP) is 1.91. The highest BCUT2D eigenvalue weighted by atomic mass is 35.5. The first-order valence-electron chi connectivity index (χ1n) is 10.9. The van der Waals surface area contributed by atoms with Gasteiger partial charge in [-0.1, -0.05) is 11.6 Å². The van der Waals surface area contributed by atoms with Crippen molar-refractivity contribution in [1.82, 2.24) is 16.0 Å². The van der Waals surface area contributed by atoms with Crippen LogP contribution >= 0.6 is 11.6 Å². The number of benzene rings is 1. The molecule has 2 amide bonds. The van der Waals surface area contributed by atoms with Gasteiger partial charge in [0, 0.05) is 17.5 Å². The number of hydrogen-bond acceptors (Lipinski definition) is 5. The summed E-state index contributed by atoms with van der Waals surface area (Å²) in [6.45, 7) is 1.43. The van der Waals surface area contributed by atoms with Crippen LogP contribution in [0, 0.1) is 11.7 Å². The Bertz CT molecular complexity index is 838. The highest BCUT2D eigenvalue weighted by Gasteiger charge is 2.55. The van der Waals surface area contributed by atoms with Crippen LogP contribution in [0.25, 0.3) is 0 Å². The molecule has 1 unspecified atom stereocenters. The fourth-order valence-corrected chi connectivity index (χ4v) is 5.26. The molecular formula is C22H29ClFN3O4. The molecule has 31 heavy (non-hydrogen) atoms. The largest absolute Gasteiger partial charge is 0.484 e. The monoisotopic (exact) mass is 453 g/mol. The number of aliphatic hydroxyl groups excluding tert-OH is 1. The molecule has 1 aromatic carbocycles. The van der Waals surface area contributed by atoms with E-state index in [1.54, 1.807) is 0 Å². The van der Waals surface area contributed by atoms with Crippen LogP contribution in [-0.2, 0) is 9.59 Å². The summed E-state index contributed by atoms with van der Waals surface area (Å²) in [7, 11) is 0. The second-order valence-corrected chi connectivity index (χ2v) is 9.49. The van der Waals surface area contributed by atoms with Gasteiger partial charge in [-0.05, 0) is 70.2 Å². The Labute approximate surface area is 186 Å². The Morgan fingerprint density at radius 1 is 1.19 bits per heavy atom. The van der Waals surface area contributed by atoms with Crippen LogP contribution in [0.4, 0.5) is 4.39 Å². The van der Waals surface area contributed by atoms with Crippen molar-refractivity contribution in [2.45, 2.75) is 62.1 Å². The maximum atomic E-state index is 13.5. The predicted molar refractivity (Wildman–Crippen MR) is 113 cm³/mol. The molecular weight excluding hydrogens is 425 g/mol. The molecule has 0 aromatic heterocycles. The minimum absolute atomic E-state index is 0.00834.